The first-order chi connectivity index (χ1) is 10.1. The first kappa shape index (κ1) is 15.3. The highest BCUT2D eigenvalue weighted by Gasteiger charge is 2.10. The molecule has 0 spiro atoms. The Hall–Kier alpha value is -2.09. The minimum absolute atomic E-state index is 0.0369. The summed E-state index contributed by atoms with van der Waals surface area (Å²) in [7, 11) is 0. The van der Waals surface area contributed by atoms with E-state index in [0.29, 0.717) is 5.92 Å². The molecule has 0 saturated heterocycles. The molecule has 0 aliphatic rings. The summed E-state index contributed by atoms with van der Waals surface area (Å²) in [5, 5.41) is 3.05. The van der Waals surface area contributed by atoms with Gasteiger partial charge in [0, 0.05) is 11.3 Å². The number of amides is 1. The Kier molecular flexibility index (Phi) is 5.15. The average molecular weight is 281 g/mol. The molecule has 0 unspecified atom stereocenters. The number of hydrogen-bond donors (Lipinski definition) is 1. The fraction of sp³-hybridized carbons (Fsp3) is 0.316. The first-order valence-corrected chi connectivity index (χ1v) is 7.53. The number of carbonyl (C=O) groups is 1. The number of benzene rings is 2. The van der Waals surface area contributed by atoms with Crippen LogP contribution in [0.1, 0.15) is 41.8 Å². The smallest absolute Gasteiger partial charge is 0.255 e. The van der Waals surface area contributed by atoms with Crippen molar-refractivity contribution in [2.45, 2.75) is 33.6 Å². The van der Waals surface area contributed by atoms with Crippen molar-refractivity contribution in [2.75, 3.05) is 5.32 Å². The van der Waals surface area contributed by atoms with Crippen LogP contribution >= 0.6 is 0 Å². The monoisotopic (exact) mass is 281 g/mol. The maximum atomic E-state index is 12.4. The second-order valence-corrected chi connectivity index (χ2v) is 5.86. The lowest BCUT2D eigenvalue weighted by Gasteiger charge is -2.13. The summed E-state index contributed by atoms with van der Waals surface area (Å²) < 4.78 is 0. The number of anilines is 1. The molecule has 2 rings (SSSR count). The molecule has 2 heteroatoms. The molecule has 2 aromatic carbocycles. The van der Waals surface area contributed by atoms with Crippen LogP contribution in [0, 0.1) is 12.8 Å². The fourth-order valence-electron chi connectivity index (χ4n) is 2.32. The summed E-state index contributed by atoms with van der Waals surface area (Å²) in [5.41, 5.74) is 3.85. The molecule has 0 heterocycles. The van der Waals surface area contributed by atoms with Gasteiger partial charge in [-0.2, -0.15) is 0 Å². The summed E-state index contributed by atoms with van der Waals surface area (Å²) >= 11 is 0. The van der Waals surface area contributed by atoms with Crippen LogP contribution in [-0.4, -0.2) is 5.91 Å². The summed E-state index contributed by atoms with van der Waals surface area (Å²) in [6, 6.07) is 15.7. The quantitative estimate of drug-likeness (QED) is 0.835. The van der Waals surface area contributed by atoms with Crippen molar-refractivity contribution in [1.82, 2.24) is 0 Å². The number of rotatable bonds is 5. The van der Waals surface area contributed by atoms with Gasteiger partial charge in [0.05, 0.1) is 0 Å². The lowest BCUT2D eigenvalue weighted by atomic mass is 10.0. The zero-order valence-corrected chi connectivity index (χ0v) is 13.0. The molecule has 2 aromatic rings. The Labute approximate surface area is 127 Å². The molecule has 0 bridgehead atoms. The van der Waals surface area contributed by atoms with E-state index in [4.69, 9.17) is 0 Å². The maximum absolute atomic E-state index is 12.4. The predicted molar refractivity (Wildman–Crippen MR) is 88.7 cm³/mol. The van der Waals surface area contributed by atoms with Gasteiger partial charge in [-0.1, -0.05) is 50.2 Å². The molecule has 0 aliphatic carbocycles. The van der Waals surface area contributed by atoms with Crippen LogP contribution in [0.15, 0.2) is 48.5 Å². The third kappa shape index (κ3) is 4.19. The van der Waals surface area contributed by atoms with E-state index in [0.717, 1.165) is 29.7 Å². The van der Waals surface area contributed by atoms with Crippen molar-refractivity contribution in [3.05, 3.63) is 65.2 Å². The van der Waals surface area contributed by atoms with E-state index in [1.165, 1.54) is 5.56 Å². The van der Waals surface area contributed by atoms with Crippen LogP contribution in [0.25, 0.3) is 0 Å². The Balaban J connectivity index is 2.16. The summed E-state index contributed by atoms with van der Waals surface area (Å²) in [6.45, 7) is 6.39. The van der Waals surface area contributed by atoms with Crippen molar-refractivity contribution < 1.29 is 4.79 Å². The van der Waals surface area contributed by atoms with Crippen molar-refractivity contribution in [2.24, 2.45) is 5.92 Å². The third-order valence-electron chi connectivity index (χ3n) is 3.65. The Morgan fingerprint density at radius 1 is 1.05 bits per heavy atom. The molecule has 110 valence electrons. The minimum Gasteiger partial charge on any atom is -0.322 e. The molecular weight excluding hydrogens is 258 g/mol. The van der Waals surface area contributed by atoms with Crippen molar-refractivity contribution in [3.63, 3.8) is 0 Å². The normalized spacial score (nSPS) is 10.7. The average Bonchev–Trinajstić information content (AvgIpc) is 2.46. The Morgan fingerprint density at radius 2 is 1.71 bits per heavy atom. The second-order valence-electron chi connectivity index (χ2n) is 5.86. The molecule has 0 aliphatic heterocycles. The van der Waals surface area contributed by atoms with Crippen molar-refractivity contribution >= 4 is 11.6 Å². The highest BCUT2D eigenvalue weighted by molar-refractivity contribution is 6.05. The van der Waals surface area contributed by atoms with Gasteiger partial charge in [-0.05, 0) is 48.9 Å². The van der Waals surface area contributed by atoms with Crippen LogP contribution in [0.3, 0.4) is 0 Å². The van der Waals surface area contributed by atoms with E-state index in [1.807, 2.05) is 49.4 Å². The highest BCUT2D eigenvalue weighted by Crippen LogP contribution is 2.20. The molecule has 0 aromatic heterocycles. The third-order valence-corrected chi connectivity index (χ3v) is 3.65. The SMILES string of the molecule is Cc1ccccc1C(=O)Nc1ccccc1CCC(C)C. The second kappa shape index (κ2) is 7.07. The van der Waals surface area contributed by atoms with E-state index in [2.05, 4.69) is 25.2 Å². The zero-order valence-electron chi connectivity index (χ0n) is 13.0. The number of hydrogen-bond acceptors (Lipinski definition) is 1. The summed E-state index contributed by atoms with van der Waals surface area (Å²) in [6.07, 6.45) is 2.11. The van der Waals surface area contributed by atoms with Gasteiger partial charge in [0.15, 0.2) is 0 Å². The molecule has 2 nitrogen and oxygen atoms in total. The van der Waals surface area contributed by atoms with Gasteiger partial charge < -0.3 is 5.32 Å². The molecular formula is C19H23NO. The van der Waals surface area contributed by atoms with Crippen LogP contribution in [0.4, 0.5) is 5.69 Å². The maximum Gasteiger partial charge on any atom is 0.255 e. The molecule has 21 heavy (non-hydrogen) atoms. The molecule has 0 saturated carbocycles. The standard InChI is InChI=1S/C19H23NO/c1-14(2)12-13-16-9-5-7-11-18(16)20-19(21)17-10-6-4-8-15(17)3/h4-11,14H,12-13H2,1-3H3,(H,20,21). The topological polar surface area (TPSA) is 29.1 Å². The largest absolute Gasteiger partial charge is 0.322 e. The summed E-state index contributed by atoms with van der Waals surface area (Å²) in [4.78, 5) is 12.4. The van der Waals surface area contributed by atoms with E-state index in [9.17, 15) is 4.79 Å². The summed E-state index contributed by atoms with van der Waals surface area (Å²) in [5.74, 6) is 0.621. The Morgan fingerprint density at radius 3 is 2.43 bits per heavy atom. The van der Waals surface area contributed by atoms with Crippen molar-refractivity contribution in [1.29, 1.82) is 0 Å². The van der Waals surface area contributed by atoms with Gasteiger partial charge in [-0.3, -0.25) is 4.79 Å². The van der Waals surface area contributed by atoms with Crippen LogP contribution < -0.4 is 5.32 Å². The minimum atomic E-state index is -0.0369. The van der Waals surface area contributed by atoms with Crippen molar-refractivity contribution in [3.8, 4) is 0 Å². The van der Waals surface area contributed by atoms with Gasteiger partial charge >= 0.3 is 0 Å². The van der Waals surface area contributed by atoms with Gasteiger partial charge in [0.25, 0.3) is 5.91 Å². The lowest BCUT2D eigenvalue weighted by molar-refractivity contribution is 0.102. The molecule has 0 fully saturated rings. The fourth-order valence-corrected chi connectivity index (χ4v) is 2.32. The van der Waals surface area contributed by atoms with Crippen LogP contribution in [-0.2, 0) is 6.42 Å². The lowest BCUT2D eigenvalue weighted by Crippen LogP contribution is -2.14. The van der Waals surface area contributed by atoms with E-state index >= 15 is 0 Å². The molecule has 1 amide bonds. The predicted octanol–water partition coefficient (Wildman–Crippen LogP) is 4.84. The number of carbonyl (C=O) groups excluding carboxylic acids is 1. The Bertz CT molecular complexity index is 616. The number of aryl methyl sites for hydroxylation is 2. The van der Waals surface area contributed by atoms with Crippen LogP contribution in [0.5, 0.6) is 0 Å². The van der Waals surface area contributed by atoms with Crippen LogP contribution in [0.2, 0.25) is 0 Å². The van der Waals surface area contributed by atoms with E-state index in [1.54, 1.807) is 0 Å². The van der Waals surface area contributed by atoms with Gasteiger partial charge in [0.1, 0.15) is 0 Å². The number of para-hydroxylation sites is 1. The van der Waals surface area contributed by atoms with Gasteiger partial charge in [-0.15, -0.1) is 0 Å². The highest BCUT2D eigenvalue weighted by atomic mass is 16.1. The van der Waals surface area contributed by atoms with Gasteiger partial charge in [-0.25, -0.2) is 0 Å². The molecule has 1 N–H and O–H groups in total. The molecule has 0 radical (unpaired) electrons. The zero-order chi connectivity index (χ0) is 15.2. The van der Waals surface area contributed by atoms with E-state index in [-0.39, 0.29) is 5.91 Å². The number of nitrogens with one attached hydrogen (secondary N) is 1. The molecule has 0 atom stereocenters. The first-order valence-electron chi connectivity index (χ1n) is 7.53. The van der Waals surface area contributed by atoms with Gasteiger partial charge in [0.2, 0.25) is 0 Å². The van der Waals surface area contributed by atoms with E-state index < -0.39 is 0 Å².